The molecule has 0 aliphatic carbocycles. The van der Waals surface area contributed by atoms with Crippen LogP contribution >= 0.6 is 0 Å². The van der Waals surface area contributed by atoms with Gasteiger partial charge >= 0.3 is 6.03 Å². The number of rotatable bonds is 6. The zero-order valence-corrected chi connectivity index (χ0v) is 12.3. The van der Waals surface area contributed by atoms with Crippen LogP contribution in [0, 0.1) is 0 Å². The molecule has 3 amide bonds. The van der Waals surface area contributed by atoms with E-state index < -0.39 is 0 Å². The van der Waals surface area contributed by atoms with E-state index >= 15 is 0 Å². The highest BCUT2D eigenvalue weighted by Gasteiger charge is 2.10. The lowest BCUT2D eigenvalue weighted by Gasteiger charge is -2.11. The van der Waals surface area contributed by atoms with Crippen LogP contribution in [0.15, 0.2) is 4.52 Å². The SMILES string of the molecule is CC(C)c1nc(CCNC(=O)CNC(=O)N(C)C)no1. The second-order valence-corrected chi connectivity index (χ2v) is 4.86. The fourth-order valence-electron chi connectivity index (χ4n) is 1.29. The summed E-state index contributed by atoms with van der Waals surface area (Å²) in [5, 5.41) is 8.96. The van der Waals surface area contributed by atoms with E-state index in [9.17, 15) is 9.59 Å². The molecule has 0 bridgehead atoms. The molecule has 0 aliphatic rings. The zero-order chi connectivity index (χ0) is 15.1. The van der Waals surface area contributed by atoms with E-state index in [4.69, 9.17) is 4.52 Å². The summed E-state index contributed by atoms with van der Waals surface area (Å²) in [6, 6.07) is -0.306. The van der Waals surface area contributed by atoms with Gasteiger partial charge in [0.2, 0.25) is 11.8 Å². The van der Waals surface area contributed by atoms with Gasteiger partial charge in [0.15, 0.2) is 5.82 Å². The lowest BCUT2D eigenvalue weighted by Crippen LogP contribution is -2.41. The summed E-state index contributed by atoms with van der Waals surface area (Å²) in [4.78, 5) is 28.2. The van der Waals surface area contributed by atoms with E-state index in [0.717, 1.165) is 0 Å². The summed E-state index contributed by atoms with van der Waals surface area (Å²) in [6.45, 7) is 4.27. The van der Waals surface area contributed by atoms with Gasteiger partial charge in [0, 0.05) is 33.0 Å². The van der Waals surface area contributed by atoms with E-state index in [1.807, 2.05) is 13.8 Å². The minimum Gasteiger partial charge on any atom is -0.354 e. The van der Waals surface area contributed by atoms with Crippen molar-refractivity contribution < 1.29 is 14.1 Å². The van der Waals surface area contributed by atoms with Crippen LogP contribution in [0.1, 0.15) is 31.5 Å². The highest BCUT2D eigenvalue weighted by atomic mass is 16.5. The van der Waals surface area contributed by atoms with Crippen molar-refractivity contribution in [2.24, 2.45) is 0 Å². The van der Waals surface area contributed by atoms with Crippen molar-refractivity contribution in [1.29, 1.82) is 0 Å². The lowest BCUT2D eigenvalue weighted by molar-refractivity contribution is -0.120. The average Bonchev–Trinajstić information content (AvgIpc) is 2.84. The number of amides is 3. The molecule has 0 radical (unpaired) electrons. The highest BCUT2D eigenvalue weighted by molar-refractivity contribution is 5.83. The van der Waals surface area contributed by atoms with Crippen LogP contribution in [-0.2, 0) is 11.2 Å². The van der Waals surface area contributed by atoms with Crippen LogP contribution in [0.4, 0.5) is 4.79 Å². The first-order valence-corrected chi connectivity index (χ1v) is 6.44. The number of urea groups is 1. The molecule has 0 aliphatic heterocycles. The van der Waals surface area contributed by atoms with Crippen molar-refractivity contribution in [1.82, 2.24) is 25.7 Å². The van der Waals surface area contributed by atoms with E-state index in [2.05, 4.69) is 20.8 Å². The monoisotopic (exact) mass is 283 g/mol. The summed E-state index contributed by atoms with van der Waals surface area (Å²) in [6.07, 6.45) is 0.490. The average molecular weight is 283 g/mol. The van der Waals surface area contributed by atoms with Gasteiger partial charge in [0.05, 0.1) is 6.54 Å². The van der Waals surface area contributed by atoms with Gasteiger partial charge in [-0.05, 0) is 0 Å². The van der Waals surface area contributed by atoms with Gasteiger partial charge in [-0.2, -0.15) is 4.98 Å². The number of hydrogen-bond donors (Lipinski definition) is 2. The molecule has 0 unspecified atom stereocenters. The van der Waals surface area contributed by atoms with Crippen LogP contribution in [0.2, 0.25) is 0 Å². The van der Waals surface area contributed by atoms with Gasteiger partial charge in [-0.1, -0.05) is 19.0 Å². The molecule has 8 heteroatoms. The van der Waals surface area contributed by atoms with Crippen molar-refractivity contribution in [3.05, 3.63) is 11.7 Å². The molecule has 20 heavy (non-hydrogen) atoms. The third-order valence-corrected chi connectivity index (χ3v) is 2.45. The Morgan fingerprint density at radius 2 is 2.00 bits per heavy atom. The van der Waals surface area contributed by atoms with E-state index in [-0.39, 0.29) is 24.4 Å². The minimum absolute atomic E-state index is 0.0551. The molecule has 1 aromatic heterocycles. The van der Waals surface area contributed by atoms with Gasteiger partial charge in [0.25, 0.3) is 0 Å². The molecule has 0 saturated carbocycles. The maximum absolute atomic E-state index is 11.5. The fourth-order valence-corrected chi connectivity index (χ4v) is 1.29. The predicted molar refractivity (Wildman–Crippen MR) is 72.2 cm³/mol. The third kappa shape index (κ3) is 5.25. The van der Waals surface area contributed by atoms with E-state index in [1.54, 1.807) is 14.1 Å². The molecule has 0 spiro atoms. The Kier molecular flexibility index (Phi) is 5.95. The van der Waals surface area contributed by atoms with Gasteiger partial charge in [-0.25, -0.2) is 4.79 Å². The molecule has 0 aromatic carbocycles. The molecule has 0 fully saturated rings. The van der Waals surface area contributed by atoms with Gasteiger partial charge in [0.1, 0.15) is 0 Å². The summed E-state index contributed by atoms with van der Waals surface area (Å²) in [5.41, 5.74) is 0. The fraction of sp³-hybridized carbons (Fsp3) is 0.667. The lowest BCUT2D eigenvalue weighted by atomic mass is 10.2. The largest absolute Gasteiger partial charge is 0.354 e. The maximum Gasteiger partial charge on any atom is 0.317 e. The predicted octanol–water partition coefficient (Wildman–Crippen LogP) is 0.123. The van der Waals surface area contributed by atoms with Crippen molar-refractivity contribution in [2.75, 3.05) is 27.2 Å². The van der Waals surface area contributed by atoms with Gasteiger partial charge in [-0.3, -0.25) is 4.79 Å². The summed E-state index contributed by atoms with van der Waals surface area (Å²) < 4.78 is 5.05. The molecule has 2 N–H and O–H groups in total. The zero-order valence-electron chi connectivity index (χ0n) is 12.3. The first-order chi connectivity index (χ1) is 9.40. The highest BCUT2D eigenvalue weighted by Crippen LogP contribution is 2.10. The number of carbonyl (C=O) groups is 2. The van der Waals surface area contributed by atoms with Crippen LogP contribution in [0.3, 0.4) is 0 Å². The van der Waals surface area contributed by atoms with Gasteiger partial charge < -0.3 is 20.1 Å². The van der Waals surface area contributed by atoms with E-state index in [0.29, 0.717) is 24.7 Å². The minimum atomic E-state index is -0.306. The smallest absolute Gasteiger partial charge is 0.317 e. The topological polar surface area (TPSA) is 100 Å². The Morgan fingerprint density at radius 3 is 2.55 bits per heavy atom. The Hall–Kier alpha value is -2.12. The summed E-state index contributed by atoms with van der Waals surface area (Å²) >= 11 is 0. The second-order valence-electron chi connectivity index (χ2n) is 4.86. The molecule has 112 valence electrons. The second kappa shape index (κ2) is 7.46. The molecule has 0 saturated heterocycles. The number of carbonyl (C=O) groups excluding carboxylic acids is 2. The molecular formula is C12H21N5O3. The molecule has 1 aromatic rings. The Labute approximate surface area is 117 Å². The Bertz CT molecular complexity index is 456. The quantitative estimate of drug-likeness (QED) is 0.772. The summed E-state index contributed by atoms with van der Waals surface area (Å²) in [5.74, 6) is 1.08. The standard InChI is InChI=1S/C12H21N5O3/c1-8(2)11-15-9(16-20-11)5-6-13-10(18)7-14-12(19)17(3)4/h8H,5-7H2,1-4H3,(H,13,18)(H,14,19). The van der Waals surface area contributed by atoms with Crippen LogP contribution in [0.5, 0.6) is 0 Å². The van der Waals surface area contributed by atoms with E-state index in [1.165, 1.54) is 4.90 Å². The molecule has 0 atom stereocenters. The van der Waals surface area contributed by atoms with Crippen LogP contribution in [0.25, 0.3) is 0 Å². The van der Waals surface area contributed by atoms with Crippen LogP contribution < -0.4 is 10.6 Å². The normalized spacial score (nSPS) is 10.4. The number of aromatic nitrogens is 2. The van der Waals surface area contributed by atoms with Crippen LogP contribution in [-0.4, -0.2) is 54.2 Å². The Morgan fingerprint density at radius 1 is 1.30 bits per heavy atom. The first-order valence-electron chi connectivity index (χ1n) is 6.44. The molecule has 1 rings (SSSR count). The molecule has 1 heterocycles. The van der Waals surface area contributed by atoms with Crippen molar-refractivity contribution in [2.45, 2.75) is 26.2 Å². The number of hydrogen-bond acceptors (Lipinski definition) is 5. The van der Waals surface area contributed by atoms with Crippen molar-refractivity contribution >= 4 is 11.9 Å². The summed E-state index contributed by atoms with van der Waals surface area (Å²) in [7, 11) is 3.21. The number of nitrogens with zero attached hydrogens (tertiary/aromatic N) is 3. The van der Waals surface area contributed by atoms with Gasteiger partial charge in [-0.15, -0.1) is 0 Å². The maximum atomic E-state index is 11.5. The van der Waals surface area contributed by atoms with Crippen molar-refractivity contribution in [3.63, 3.8) is 0 Å². The first kappa shape index (κ1) is 15.9. The molecular weight excluding hydrogens is 262 g/mol. The number of nitrogens with one attached hydrogen (secondary N) is 2. The third-order valence-electron chi connectivity index (χ3n) is 2.45. The van der Waals surface area contributed by atoms with Crippen molar-refractivity contribution in [3.8, 4) is 0 Å². The Balaban J connectivity index is 2.23. The molecule has 8 nitrogen and oxygen atoms in total.